The van der Waals surface area contributed by atoms with Crippen molar-refractivity contribution in [1.82, 2.24) is 20.1 Å². The van der Waals surface area contributed by atoms with Crippen molar-refractivity contribution in [1.29, 1.82) is 0 Å². The fourth-order valence-corrected chi connectivity index (χ4v) is 3.62. The first-order valence-corrected chi connectivity index (χ1v) is 12.7. The summed E-state index contributed by atoms with van der Waals surface area (Å²) in [7, 11) is 0. The van der Waals surface area contributed by atoms with Crippen LogP contribution in [0.15, 0.2) is 42.7 Å². The van der Waals surface area contributed by atoms with Crippen molar-refractivity contribution in [3.63, 3.8) is 0 Å². The van der Waals surface area contributed by atoms with Crippen molar-refractivity contribution in [3.05, 3.63) is 58.9 Å². The third-order valence-corrected chi connectivity index (χ3v) is 6.06. The number of likely N-dealkylation sites (tertiary alicyclic amines) is 1. The number of nitrogen functional groups attached to an aromatic ring is 1. The number of aromatic nitrogens is 1. The minimum atomic E-state index is -0.442. The molecular formula is C24H35ClN6O2S2. The van der Waals surface area contributed by atoms with Gasteiger partial charge in [-0.1, -0.05) is 37.7 Å². The van der Waals surface area contributed by atoms with Gasteiger partial charge in [-0.25, -0.2) is 0 Å². The summed E-state index contributed by atoms with van der Waals surface area (Å²) in [6.45, 7) is 9.88. The van der Waals surface area contributed by atoms with Crippen molar-refractivity contribution in [2.45, 2.75) is 26.7 Å². The van der Waals surface area contributed by atoms with Gasteiger partial charge in [0.05, 0.1) is 16.3 Å². The second-order valence-corrected chi connectivity index (χ2v) is 9.12. The molecule has 35 heavy (non-hydrogen) atoms. The van der Waals surface area contributed by atoms with Crippen molar-refractivity contribution in [3.8, 4) is 0 Å². The van der Waals surface area contributed by atoms with Crippen LogP contribution in [-0.4, -0.2) is 70.2 Å². The molecule has 0 unspecified atom stereocenters. The summed E-state index contributed by atoms with van der Waals surface area (Å²) in [6.07, 6.45) is 5.58. The van der Waals surface area contributed by atoms with Gasteiger partial charge in [0.15, 0.2) is 0 Å². The largest absolute Gasteiger partial charge is 0.398 e. The van der Waals surface area contributed by atoms with E-state index >= 15 is 0 Å². The van der Waals surface area contributed by atoms with Crippen LogP contribution in [0.1, 0.15) is 47.4 Å². The number of amides is 2. The van der Waals surface area contributed by atoms with E-state index in [9.17, 15) is 9.59 Å². The predicted octanol–water partition coefficient (Wildman–Crippen LogP) is 3.47. The number of likely N-dealkylation sites (N-methyl/N-ethyl adjacent to an activating group) is 1. The summed E-state index contributed by atoms with van der Waals surface area (Å²) >= 11 is 14.8. The Kier molecular flexibility index (Phi) is 15.0. The standard InChI is InChI=1S/C13H20ClN3O.C6H6N2O.C5H9NS2/c1-3-17(4-2)8-7-16-13(18)10-5-6-12(15)11(14)9-10;7-6(9)5-2-1-3-8-4-5;7-5(8)6-3-1-2-4-6/h5-6,9H,3-4,7-8,15H2,1-2H3,(H,16,18);1-4H,(H2,7,9);1-4H2,(H,7,8). The summed E-state index contributed by atoms with van der Waals surface area (Å²) < 4.78 is 0.752. The van der Waals surface area contributed by atoms with Gasteiger partial charge < -0.3 is 26.6 Å². The maximum atomic E-state index is 11.8. The van der Waals surface area contributed by atoms with Crippen molar-refractivity contribution in [2.75, 3.05) is 45.0 Å². The van der Waals surface area contributed by atoms with E-state index in [1.807, 2.05) is 0 Å². The van der Waals surface area contributed by atoms with E-state index in [1.54, 1.807) is 36.5 Å². The molecule has 5 N–H and O–H groups in total. The van der Waals surface area contributed by atoms with Crippen LogP contribution in [0.25, 0.3) is 0 Å². The summed E-state index contributed by atoms with van der Waals surface area (Å²) in [5.74, 6) is -0.563. The Morgan fingerprint density at radius 2 is 1.86 bits per heavy atom. The van der Waals surface area contributed by atoms with E-state index in [4.69, 9.17) is 35.3 Å². The lowest BCUT2D eigenvalue weighted by molar-refractivity contribution is 0.0947. The first-order valence-electron chi connectivity index (χ1n) is 11.4. The first kappa shape index (κ1) is 30.6. The maximum absolute atomic E-state index is 11.8. The monoisotopic (exact) mass is 538 g/mol. The van der Waals surface area contributed by atoms with Gasteiger partial charge in [0.2, 0.25) is 5.91 Å². The number of nitrogens with zero attached hydrogens (tertiary/aromatic N) is 3. The number of anilines is 1. The zero-order chi connectivity index (χ0) is 26.2. The minimum absolute atomic E-state index is 0.121. The number of nitrogens with one attached hydrogen (secondary N) is 1. The molecule has 1 fully saturated rings. The van der Waals surface area contributed by atoms with Crippen LogP contribution in [0.3, 0.4) is 0 Å². The first-order chi connectivity index (χ1) is 16.7. The average molecular weight is 539 g/mol. The molecule has 1 aromatic heterocycles. The number of thiocarbonyl (C=S) groups is 1. The summed E-state index contributed by atoms with van der Waals surface area (Å²) in [4.78, 5) is 30.3. The highest BCUT2D eigenvalue weighted by atomic mass is 35.5. The van der Waals surface area contributed by atoms with Crippen LogP contribution in [0.2, 0.25) is 5.02 Å². The third-order valence-electron chi connectivity index (χ3n) is 5.19. The van der Waals surface area contributed by atoms with Crippen LogP contribution in [0.4, 0.5) is 5.69 Å². The van der Waals surface area contributed by atoms with Crippen molar-refractivity contribution >= 4 is 58.3 Å². The van der Waals surface area contributed by atoms with Gasteiger partial charge >= 0.3 is 0 Å². The molecule has 2 heterocycles. The topological polar surface area (TPSA) is 118 Å². The van der Waals surface area contributed by atoms with Crippen LogP contribution in [0.5, 0.6) is 0 Å². The number of hydrogen-bond donors (Lipinski definition) is 4. The Morgan fingerprint density at radius 1 is 1.20 bits per heavy atom. The molecule has 192 valence electrons. The van der Waals surface area contributed by atoms with Crippen LogP contribution >= 0.6 is 36.4 Å². The second-order valence-electron chi connectivity index (χ2n) is 7.60. The molecule has 11 heteroatoms. The van der Waals surface area contributed by atoms with E-state index in [1.165, 1.54) is 19.0 Å². The summed E-state index contributed by atoms with van der Waals surface area (Å²) in [6, 6.07) is 8.19. The normalized spacial score (nSPS) is 12.2. The Labute approximate surface area is 223 Å². The Morgan fingerprint density at radius 3 is 2.29 bits per heavy atom. The van der Waals surface area contributed by atoms with E-state index in [0.717, 1.165) is 37.0 Å². The van der Waals surface area contributed by atoms with Gasteiger partial charge in [-0.15, -0.1) is 12.6 Å². The molecule has 0 aliphatic carbocycles. The van der Waals surface area contributed by atoms with Crippen LogP contribution in [0, 0.1) is 0 Å². The van der Waals surface area contributed by atoms with Crippen LogP contribution < -0.4 is 16.8 Å². The van der Waals surface area contributed by atoms with Gasteiger partial charge in [-0.05, 0) is 56.3 Å². The molecule has 0 saturated carbocycles. The lowest BCUT2D eigenvalue weighted by Gasteiger charge is -2.18. The molecule has 0 atom stereocenters. The average Bonchev–Trinajstić information content (AvgIpc) is 3.40. The molecule has 1 aromatic carbocycles. The Hall–Kier alpha value is -2.40. The predicted molar refractivity (Wildman–Crippen MR) is 151 cm³/mol. The lowest BCUT2D eigenvalue weighted by Crippen LogP contribution is -2.34. The number of thiol groups is 1. The number of rotatable bonds is 7. The number of primary amides is 1. The van der Waals surface area contributed by atoms with Gasteiger partial charge in [0.25, 0.3) is 5.91 Å². The number of benzene rings is 1. The van der Waals surface area contributed by atoms with Gasteiger partial charge in [-0.2, -0.15) is 0 Å². The Bertz CT molecular complexity index is 939. The molecule has 2 amide bonds. The quantitative estimate of drug-likeness (QED) is 0.242. The number of hydrogen-bond acceptors (Lipinski definition) is 6. The van der Waals surface area contributed by atoms with Crippen molar-refractivity contribution in [2.24, 2.45) is 5.73 Å². The highest BCUT2D eigenvalue weighted by Crippen LogP contribution is 2.19. The maximum Gasteiger partial charge on any atom is 0.251 e. The fourth-order valence-electron chi connectivity index (χ4n) is 3.05. The zero-order valence-electron chi connectivity index (χ0n) is 20.2. The summed E-state index contributed by atoms with van der Waals surface area (Å²) in [5.41, 5.74) is 12.0. The lowest BCUT2D eigenvalue weighted by atomic mass is 10.2. The van der Waals surface area contributed by atoms with Gasteiger partial charge in [-0.3, -0.25) is 14.6 Å². The summed E-state index contributed by atoms with van der Waals surface area (Å²) in [5, 5.41) is 3.27. The van der Waals surface area contributed by atoms with E-state index in [2.05, 4.69) is 46.6 Å². The number of nitrogens with two attached hydrogens (primary N) is 2. The Balaban J connectivity index is 0.000000298. The van der Waals surface area contributed by atoms with E-state index in [0.29, 0.717) is 28.4 Å². The number of carbonyl (C=O) groups is 2. The molecule has 2 aromatic rings. The number of carbonyl (C=O) groups excluding carboxylic acids is 2. The van der Waals surface area contributed by atoms with Crippen molar-refractivity contribution < 1.29 is 9.59 Å². The molecule has 1 aliphatic heterocycles. The molecular weight excluding hydrogens is 504 g/mol. The zero-order valence-corrected chi connectivity index (χ0v) is 22.7. The molecule has 8 nitrogen and oxygen atoms in total. The minimum Gasteiger partial charge on any atom is -0.398 e. The molecule has 0 bridgehead atoms. The SMILES string of the molecule is CCN(CC)CCNC(=O)c1ccc(N)c(Cl)c1.NC(=O)c1cccnc1.S=C(S)N1CCCC1. The third kappa shape index (κ3) is 12.2. The molecule has 3 rings (SSSR count). The fraction of sp³-hybridized carbons (Fsp3) is 0.417. The molecule has 0 radical (unpaired) electrons. The van der Waals surface area contributed by atoms with E-state index in [-0.39, 0.29) is 5.91 Å². The molecule has 1 aliphatic rings. The molecule has 1 saturated heterocycles. The highest BCUT2D eigenvalue weighted by Gasteiger charge is 2.11. The van der Waals surface area contributed by atoms with Gasteiger partial charge in [0, 0.05) is 44.1 Å². The smallest absolute Gasteiger partial charge is 0.251 e. The van der Waals surface area contributed by atoms with Crippen LogP contribution in [-0.2, 0) is 0 Å². The number of halogens is 1. The molecule has 0 spiro atoms. The number of pyridine rings is 1. The second kappa shape index (κ2) is 17.1. The van der Waals surface area contributed by atoms with E-state index < -0.39 is 5.91 Å². The van der Waals surface area contributed by atoms with Gasteiger partial charge in [0.1, 0.15) is 4.32 Å². The highest BCUT2D eigenvalue weighted by molar-refractivity contribution is 8.10.